The van der Waals surface area contributed by atoms with Gasteiger partial charge in [0.25, 0.3) is 0 Å². The lowest BCUT2D eigenvalue weighted by atomic mass is 10.0. The summed E-state index contributed by atoms with van der Waals surface area (Å²) in [5, 5.41) is 9.73. The molecule has 0 aliphatic carbocycles. The van der Waals surface area contributed by atoms with Gasteiger partial charge in [-0.3, -0.25) is 28.0 Å². The predicted octanol–water partition coefficient (Wildman–Crippen LogP) is 9.37. The Labute approximate surface area is 336 Å². The standard InChI is InChI=1S/C40H74O14P2/c1-4-5-6-7-12-17-22-27-36(41)28-23-18-15-20-25-30-40(44)54-38(34-53-56(48,49)52-32-37(42)31-51-55(45,46)47)33-50-39(43)29-24-19-14-11-9-8-10-13-16-21-26-35(2)3/h12,17,22,27,35,37-38,42H,4-11,13-16,18-21,23-26,28-34H2,1-3H3,(H,48,49)(H2,45,46,47)/b17-12-,27-22+/t37-,38+/m0/s1. The molecule has 0 aromatic heterocycles. The second kappa shape index (κ2) is 35.2. The van der Waals surface area contributed by atoms with E-state index in [2.05, 4.69) is 35.9 Å². The molecular weight excluding hydrogens is 766 g/mol. The highest BCUT2D eigenvalue weighted by Crippen LogP contribution is 2.43. The molecule has 4 N–H and O–H groups in total. The van der Waals surface area contributed by atoms with E-state index in [0.29, 0.717) is 19.3 Å². The number of aliphatic hydroxyl groups excluding tert-OH is 1. The Morgan fingerprint density at radius 1 is 0.607 bits per heavy atom. The smallest absolute Gasteiger partial charge is 0.462 e. The summed E-state index contributed by atoms with van der Waals surface area (Å²) in [5.74, 6) is -0.279. The highest BCUT2D eigenvalue weighted by Gasteiger charge is 2.28. The highest BCUT2D eigenvalue weighted by molar-refractivity contribution is 7.47. The van der Waals surface area contributed by atoms with Crippen LogP contribution in [0.5, 0.6) is 0 Å². The molecule has 16 heteroatoms. The van der Waals surface area contributed by atoms with Gasteiger partial charge < -0.3 is 29.3 Å². The number of aliphatic hydroxyl groups is 1. The average Bonchev–Trinajstić information content (AvgIpc) is 3.13. The minimum atomic E-state index is -4.87. The molecule has 0 aromatic carbocycles. The van der Waals surface area contributed by atoms with Gasteiger partial charge >= 0.3 is 27.6 Å². The topological polar surface area (TPSA) is 212 Å². The van der Waals surface area contributed by atoms with Crippen LogP contribution in [0.15, 0.2) is 24.3 Å². The molecule has 0 radical (unpaired) electrons. The van der Waals surface area contributed by atoms with Crippen molar-refractivity contribution in [1.82, 2.24) is 0 Å². The maximum Gasteiger partial charge on any atom is 0.472 e. The second-order valence-corrected chi connectivity index (χ2v) is 17.5. The molecule has 1 unspecified atom stereocenters. The van der Waals surface area contributed by atoms with Crippen LogP contribution >= 0.6 is 15.6 Å². The summed E-state index contributed by atoms with van der Waals surface area (Å²) in [6, 6.07) is 0. The van der Waals surface area contributed by atoms with Crippen LogP contribution in [0.4, 0.5) is 0 Å². The van der Waals surface area contributed by atoms with Crippen LogP contribution in [-0.4, -0.2) is 76.1 Å². The van der Waals surface area contributed by atoms with Gasteiger partial charge in [0.05, 0.1) is 19.8 Å². The molecule has 0 aliphatic rings. The van der Waals surface area contributed by atoms with Crippen molar-refractivity contribution in [3.05, 3.63) is 24.3 Å². The Balaban J connectivity index is 4.63. The number of rotatable bonds is 39. The van der Waals surface area contributed by atoms with Crippen LogP contribution in [0.2, 0.25) is 0 Å². The molecule has 14 nitrogen and oxygen atoms in total. The first kappa shape index (κ1) is 54.3. The first-order valence-corrected chi connectivity index (χ1v) is 23.9. The van der Waals surface area contributed by atoms with E-state index >= 15 is 0 Å². The SMILES string of the molecule is CCCCC/C=C\C=C\C(=O)CCCCCCCC(=O)O[C@H](COC(=O)CCCCCCCCCCCCC(C)C)COP(=O)(O)OC[C@@H](O)COP(=O)(O)O. The number of phosphoric ester groups is 2. The van der Waals surface area contributed by atoms with E-state index in [4.69, 9.17) is 23.8 Å². The van der Waals surface area contributed by atoms with Gasteiger partial charge in [-0.25, -0.2) is 9.13 Å². The fourth-order valence-corrected chi connectivity index (χ4v) is 6.67. The van der Waals surface area contributed by atoms with Crippen molar-refractivity contribution in [3.63, 3.8) is 0 Å². The Hall–Kier alpha value is -1.73. The summed E-state index contributed by atoms with van der Waals surface area (Å²) < 4.78 is 47.6. The van der Waals surface area contributed by atoms with Crippen molar-refractivity contribution in [2.45, 2.75) is 181 Å². The van der Waals surface area contributed by atoms with Crippen LogP contribution in [-0.2, 0) is 46.6 Å². The van der Waals surface area contributed by atoms with Crippen LogP contribution in [0, 0.1) is 5.92 Å². The van der Waals surface area contributed by atoms with Gasteiger partial charge in [-0.05, 0) is 44.1 Å². The molecule has 0 bridgehead atoms. The number of ketones is 1. The summed E-state index contributed by atoms with van der Waals surface area (Å²) in [6.07, 6.45) is 25.8. The maximum absolute atomic E-state index is 12.6. The Morgan fingerprint density at radius 2 is 1.12 bits per heavy atom. The number of carbonyl (C=O) groups excluding carboxylic acids is 3. The zero-order chi connectivity index (χ0) is 41.9. The molecule has 0 amide bonds. The van der Waals surface area contributed by atoms with Gasteiger partial charge in [0.2, 0.25) is 0 Å². The zero-order valence-corrected chi connectivity index (χ0v) is 36.2. The van der Waals surface area contributed by atoms with Gasteiger partial charge in [-0.2, -0.15) is 0 Å². The van der Waals surface area contributed by atoms with E-state index in [-0.39, 0.29) is 18.6 Å². The molecule has 0 spiro atoms. The van der Waals surface area contributed by atoms with E-state index in [9.17, 15) is 33.5 Å². The fraction of sp³-hybridized carbons (Fsp3) is 0.825. The first-order chi connectivity index (χ1) is 26.6. The van der Waals surface area contributed by atoms with Crippen LogP contribution in [0.3, 0.4) is 0 Å². The van der Waals surface area contributed by atoms with Crippen molar-refractivity contribution >= 4 is 33.4 Å². The van der Waals surface area contributed by atoms with Crippen molar-refractivity contribution in [3.8, 4) is 0 Å². The minimum Gasteiger partial charge on any atom is -0.462 e. The highest BCUT2D eigenvalue weighted by atomic mass is 31.2. The normalized spacial score (nSPS) is 14.4. The fourth-order valence-electron chi connectivity index (χ4n) is 5.51. The number of esters is 2. The summed E-state index contributed by atoms with van der Waals surface area (Å²) >= 11 is 0. The quantitative estimate of drug-likeness (QED) is 0.0149. The van der Waals surface area contributed by atoms with Crippen molar-refractivity contribution in [2.24, 2.45) is 5.92 Å². The molecule has 0 saturated carbocycles. The Morgan fingerprint density at radius 3 is 1.70 bits per heavy atom. The molecule has 0 fully saturated rings. The molecule has 328 valence electrons. The minimum absolute atomic E-state index is 0.0495. The van der Waals surface area contributed by atoms with Crippen LogP contribution < -0.4 is 0 Å². The van der Waals surface area contributed by atoms with Gasteiger partial charge in [-0.1, -0.05) is 135 Å². The largest absolute Gasteiger partial charge is 0.472 e. The van der Waals surface area contributed by atoms with Crippen molar-refractivity contribution in [1.29, 1.82) is 0 Å². The number of hydrogen-bond donors (Lipinski definition) is 4. The summed E-state index contributed by atoms with van der Waals surface area (Å²) in [6.45, 7) is 3.86. The number of phosphoric acid groups is 2. The summed E-state index contributed by atoms with van der Waals surface area (Å²) in [5.41, 5.74) is 0. The number of ether oxygens (including phenoxy) is 2. The molecule has 0 heterocycles. The zero-order valence-electron chi connectivity index (χ0n) is 34.4. The molecule has 0 saturated heterocycles. The van der Waals surface area contributed by atoms with E-state index < -0.39 is 66.2 Å². The molecule has 0 aliphatic heterocycles. The second-order valence-electron chi connectivity index (χ2n) is 14.8. The average molecular weight is 841 g/mol. The van der Waals surface area contributed by atoms with Crippen LogP contribution in [0.25, 0.3) is 0 Å². The van der Waals surface area contributed by atoms with E-state index in [1.807, 2.05) is 6.08 Å². The van der Waals surface area contributed by atoms with E-state index in [0.717, 1.165) is 63.7 Å². The van der Waals surface area contributed by atoms with Gasteiger partial charge in [0, 0.05) is 19.3 Å². The Kier molecular flexibility index (Phi) is 34.1. The third-order valence-corrected chi connectivity index (χ3v) is 10.2. The number of allylic oxidation sites excluding steroid dienone is 4. The number of unbranched alkanes of at least 4 members (excludes halogenated alkanes) is 16. The summed E-state index contributed by atoms with van der Waals surface area (Å²) in [7, 11) is -9.70. The predicted molar refractivity (Wildman–Crippen MR) is 217 cm³/mol. The third-order valence-electron chi connectivity index (χ3n) is 8.74. The van der Waals surface area contributed by atoms with Gasteiger partial charge in [0.15, 0.2) is 11.9 Å². The van der Waals surface area contributed by atoms with Crippen LogP contribution in [0.1, 0.15) is 168 Å². The van der Waals surface area contributed by atoms with Gasteiger partial charge in [0.1, 0.15) is 12.7 Å². The lowest BCUT2D eigenvalue weighted by Crippen LogP contribution is -2.30. The third kappa shape index (κ3) is 39.1. The molecule has 0 rings (SSSR count). The lowest BCUT2D eigenvalue weighted by Gasteiger charge is -2.20. The Bertz CT molecular complexity index is 1170. The molecule has 3 atom stereocenters. The van der Waals surface area contributed by atoms with E-state index in [1.54, 1.807) is 12.2 Å². The van der Waals surface area contributed by atoms with E-state index in [1.165, 1.54) is 57.8 Å². The summed E-state index contributed by atoms with van der Waals surface area (Å²) in [4.78, 5) is 64.6. The number of hydrogen-bond acceptors (Lipinski definition) is 11. The first-order valence-electron chi connectivity index (χ1n) is 20.8. The maximum atomic E-state index is 12.6. The molecule has 0 aromatic rings. The molecule has 56 heavy (non-hydrogen) atoms. The van der Waals surface area contributed by atoms with Crippen molar-refractivity contribution < 1.29 is 66.3 Å². The number of carbonyl (C=O) groups is 3. The lowest BCUT2D eigenvalue weighted by molar-refractivity contribution is -0.161. The van der Waals surface area contributed by atoms with Gasteiger partial charge in [-0.15, -0.1) is 0 Å². The molecular formula is C40H74O14P2. The monoisotopic (exact) mass is 840 g/mol. The van der Waals surface area contributed by atoms with Crippen molar-refractivity contribution in [2.75, 3.05) is 26.4 Å².